The molecule has 7 heteroatoms. The molecule has 21 heavy (non-hydrogen) atoms. The van der Waals surface area contributed by atoms with Gasteiger partial charge in [-0.3, -0.25) is 0 Å². The first kappa shape index (κ1) is 17.4. The highest BCUT2D eigenvalue weighted by atomic mass is 16.3. The summed E-state index contributed by atoms with van der Waals surface area (Å²) >= 11 is 0. The molecule has 1 rings (SSSR count). The van der Waals surface area contributed by atoms with Crippen LogP contribution in [0.3, 0.4) is 0 Å². The number of aromatic nitrogens is 3. The molecule has 1 aromatic rings. The third-order valence-corrected chi connectivity index (χ3v) is 3.31. The van der Waals surface area contributed by atoms with Crippen LogP contribution in [0, 0.1) is 0 Å². The van der Waals surface area contributed by atoms with E-state index in [1.54, 1.807) is 7.05 Å². The van der Waals surface area contributed by atoms with Gasteiger partial charge in [-0.2, -0.15) is 15.0 Å². The van der Waals surface area contributed by atoms with E-state index in [0.717, 1.165) is 25.9 Å². The predicted molar refractivity (Wildman–Crippen MR) is 87.0 cm³/mol. The fourth-order valence-electron chi connectivity index (χ4n) is 2.10. The number of hydrogen-bond donors (Lipinski definition) is 3. The standard InChI is InChI=1S/C14H28N6O/c1-6-9-14(4,21)10-16-12-17-11(15-5)18-13(19-12)20(7-2)8-3/h21H,6-10H2,1-5H3,(H2,15,16,17,18,19). The molecule has 0 aliphatic heterocycles. The van der Waals surface area contributed by atoms with Crippen molar-refractivity contribution in [2.24, 2.45) is 0 Å². The topological polar surface area (TPSA) is 86.2 Å². The first-order valence-electron chi connectivity index (χ1n) is 7.60. The molecule has 0 aliphatic rings. The zero-order chi connectivity index (χ0) is 15.9. The van der Waals surface area contributed by atoms with Crippen molar-refractivity contribution in [2.75, 3.05) is 42.2 Å². The van der Waals surface area contributed by atoms with E-state index < -0.39 is 5.60 Å². The molecule has 0 amide bonds. The lowest BCUT2D eigenvalue weighted by molar-refractivity contribution is 0.0635. The van der Waals surface area contributed by atoms with Gasteiger partial charge >= 0.3 is 0 Å². The van der Waals surface area contributed by atoms with Gasteiger partial charge in [0.1, 0.15) is 0 Å². The molecule has 0 saturated carbocycles. The normalized spacial score (nSPS) is 13.6. The quantitative estimate of drug-likeness (QED) is 0.639. The van der Waals surface area contributed by atoms with Crippen molar-refractivity contribution in [2.45, 2.75) is 46.1 Å². The summed E-state index contributed by atoms with van der Waals surface area (Å²) < 4.78 is 0. The number of anilines is 3. The monoisotopic (exact) mass is 296 g/mol. The number of nitrogens with one attached hydrogen (secondary N) is 2. The molecule has 1 unspecified atom stereocenters. The third-order valence-electron chi connectivity index (χ3n) is 3.31. The molecule has 1 atom stereocenters. The van der Waals surface area contributed by atoms with Gasteiger partial charge in [0.05, 0.1) is 5.60 Å². The number of hydrogen-bond acceptors (Lipinski definition) is 7. The maximum Gasteiger partial charge on any atom is 0.231 e. The van der Waals surface area contributed by atoms with Gasteiger partial charge < -0.3 is 20.6 Å². The van der Waals surface area contributed by atoms with Crippen molar-refractivity contribution < 1.29 is 5.11 Å². The van der Waals surface area contributed by atoms with Gasteiger partial charge in [0.15, 0.2) is 0 Å². The third kappa shape index (κ3) is 5.34. The Labute approximate surface area is 127 Å². The lowest BCUT2D eigenvalue weighted by atomic mass is 10.0. The molecule has 0 radical (unpaired) electrons. The summed E-state index contributed by atoms with van der Waals surface area (Å²) in [5.41, 5.74) is -0.767. The van der Waals surface area contributed by atoms with Crippen LogP contribution < -0.4 is 15.5 Å². The van der Waals surface area contributed by atoms with Crippen LogP contribution in [0.25, 0.3) is 0 Å². The molecule has 0 spiro atoms. The first-order valence-corrected chi connectivity index (χ1v) is 7.60. The Morgan fingerprint density at radius 1 is 1.10 bits per heavy atom. The second-order valence-electron chi connectivity index (χ2n) is 5.31. The van der Waals surface area contributed by atoms with Gasteiger partial charge in [-0.25, -0.2) is 0 Å². The highest BCUT2D eigenvalue weighted by Crippen LogP contribution is 2.16. The molecule has 0 aliphatic carbocycles. The van der Waals surface area contributed by atoms with E-state index in [1.165, 1.54) is 0 Å². The predicted octanol–water partition coefficient (Wildman–Crippen LogP) is 1.72. The van der Waals surface area contributed by atoms with Gasteiger partial charge in [0, 0.05) is 26.7 Å². The molecular formula is C14H28N6O. The minimum absolute atomic E-state index is 0.408. The van der Waals surface area contributed by atoms with Crippen LogP contribution in [0.15, 0.2) is 0 Å². The number of aliphatic hydroxyl groups is 1. The molecule has 0 bridgehead atoms. The van der Waals surface area contributed by atoms with Gasteiger partial charge in [0.25, 0.3) is 0 Å². The largest absolute Gasteiger partial charge is 0.388 e. The number of rotatable bonds is 9. The highest BCUT2D eigenvalue weighted by molar-refractivity contribution is 5.43. The lowest BCUT2D eigenvalue weighted by Crippen LogP contribution is -2.34. The second kappa shape index (κ2) is 7.97. The molecule has 0 saturated heterocycles. The zero-order valence-corrected chi connectivity index (χ0v) is 13.8. The lowest BCUT2D eigenvalue weighted by Gasteiger charge is -2.24. The van der Waals surface area contributed by atoms with Gasteiger partial charge in [0.2, 0.25) is 17.8 Å². The minimum Gasteiger partial charge on any atom is -0.388 e. The van der Waals surface area contributed by atoms with Crippen LogP contribution in [0.5, 0.6) is 0 Å². The fraction of sp³-hybridized carbons (Fsp3) is 0.786. The smallest absolute Gasteiger partial charge is 0.231 e. The van der Waals surface area contributed by atoms with E-state index in [9.17, 15) is 5.11 Å². The number of nitrogens with zero attached hydrogens (tertiary/aromatic N) is 4. The van der Waals surface area contributed by atoms with Crippen LogP contribution >= 0.6 is 0 Å². The fourth-order valence-corrected chi connectivity index (χ4v) is 2.10. The highest BCUT2D eigenvalue weighted by Gasteiger charge is 2.20. The Hall–Kier alpha value is -1.63. The Morgan fingerprint density at radius 2 is 1.71 bits per heavy atom. The molecular weight excluding hydrogens is 268 g/mol. The maximum absolute atomic E-state index is 10.2. The summed E-state index contributed by atoms with van der Waals surface area (Å²) in [5, 5.41) is 16.3. The van der Waals surface area contributed by atoms with Crippen LogP contribution in [0.4, 0.5) is 17.8 Å². The molecule has 7 nitrogen and oxygen atoms in total. The van der Waals surface area contributed by atoms with E-state index >= 15 is 0 Å². The Morgan fingerprint density at radius 3 is 2.24 bits per heavy atom. The zero-order valence-electron chi connectivity index (χ0n) is 13.8. The van der Waals surface area contributed by atoms with Gasteiger partial charge in [-0.05, 0) is 27.2 Å². The van der Waals surface area contributed by atoms with E-state index in [4.69, 9.17) is 0 Å². The second-order valence-corrected chi connectivity index (χ2v) is 5.31. The summed E-state index contributed by atoms with van der Waals surface area (Å²) in [5.74, 6) is 1.63. The van der Waals surface area contributed by atoms with E-state index in [0.29, 0.717) is 24.4 Å². The molecule has 0 aromatic carbocycles. The van der Waals surface area contributed by atoms with Crippen molar-refractivity contribution in [3.8, 4) is 0 Å². The van der Waals surface area contributed by atoms with Crippen molar-refractivity contribution in [1.82, 2.24) is 15.0 Å². The van der Waals surface area contributed by atoms with Crippen molar-refractivity contribution >= 4 is 17.8 Å². The summed E-state index contributed by atoms with van der Waals surface area (Å²) in [6, 6.07) is 0. The van der Waals surface area contributed by atoms with Crippen molar-refractivity contribution in [1.29, 1.82) is 0 Å². The van der Waals surface area contributed by atoms with Crippen LogP contribution in [0.2, 0.25) is 0 Å². The summed E-state index contributed by atoms with van der Waals surface area (Å²) in [6.07, 6.45) is 1.66. The Balaban J connectivity index is 2.89. The van der Waals surface area contributed by atoms with Crippen molar-refractivity contribution in [3.05, 3.63) is 0 Å². The van der Waals surface area contributed by atoms with Gasteiger partial charge in [-0.15, -0.1) is 0 Å². The average molecular weight is 296 g/mol. The first-order chi connectivity index (χ1) is 9.95. The Bertz CT molecular complexity index is 433. The van der Waals surface area contributed by atoms with Crippen LogP contribution in [-0.2, 0) is 0 Å². The van der Waals surface area contributed by atoms with E-state index in [2.05, 4.69) is 51.3 Å². The average Bonchev–Trinajstić information content (AvgIpc) is 2.46. The Kier molecular flexibility index (Phi) is 6.61. The van der Waals surface area contributed by atoms with Crippen LogP contribution in [-0.4, -0.2) is 52.3 Å². The summed E-state index contributed by atoms with van der Waals surface area (Å²) in [7, 11) is 1.78. The van der Waals surface area contributed by atoms with Crippen LogP contribution in [0.1, 0.15) is 40.5 Å². The molecule has 1 heterocycles. The van der Waals surface area contributed by atoms with Gasteiger partial charge in [-0.1, -0.05) is 13.3 Å². The maximum atomic E-state index is 10.2. The van der Waals surface area contributed by atoms with E-state index in [1.807, 2.05) is 6.92 Å². The summed E-state index contributed by atoms with van der Waals surface area (Å²) in [6.45, 7) is 10.1. The molecule has 1 aromatic heterocycles. The SMILES string of the molecule is CCCC(C)(O)CNc1nc(NC)nc(N(CC)CC)n1. The molecule has 0 fully saturated rings. The molecule has 3 N–H and O–H groups in total. The summed E-state index contributed by atoms with van der Waals surface area (Å²) in [4.78, 5) is 15.1. The van der Waals surface area contributed by atoms with E-state index in [-0.39, 0.29) is 0 Å². The minimum atomic E-state index is -0.767. The van der Waals surface area contributed by atoms with Crippen molar-refractivity contribution in [3.63, 3.8) is 0 Å². The molecule has 120 valence electrons.